The lowest BCUT2D eigenvalue weighted by Gasteiger charge is -2.22. The highest BCUT2D eigenvalue weighted by Crippen LogP contribution is 2.20. The van der Waals surface area contributed by atoms with Crippen LogP contribution in [0.1, 0.15) is 48.3 Å². The van der Waals surface area contributed by atoms with Gasteiger partial charge in [-0.3, -0.25) is 9.59 Å². The predicted molar refractivity (Wildman–Crippen MR) is 114 cm³/mol. The Labute approximate surface area is 179 Å². The van der Waals surface area contributed by atoms with E-state index in [9.17, 15) is 14.0 Å². The van der Waals surface area contributed by atoms with Crippen LogP contribution in [0.5, 0.6) is 0 Å². The number of hydrogen-bond donors (Lipinski definition) is 2. The molecule has 0 saturated heterocycles. The maximum Gasteiger partial charge on any atom is 0.254 e. The lowest BCUT2D eigenvalue weighted by atomic mass is 9.95. The van der Waals surface area contributed by atoms with Gasteiger partial charge in [0.25, 0.3) is 5.91 Å². The molecule has 9 heteroatoms. The van der Waals surface area contributed by atoms with Gasteiger partial charge in [0, 0.05) is 12.6 Å². The molecule has 1 aliphatic rings. The second-order valence-corrected chi connectivity index (χ2v) is 8.09. The summed E-state index contributed by atoms with van der Waals surface area (Å²) in [7, 11) is 0. The number of benzene rings is 1. The summed E-state index contributed by atoms with van der Waals surface area (Å²) in [5.41, 5.74) is -0.0266. The van der Waals surface area contributed by atoms with Gasteiger partial charge in [0.05, 0.1) is 17.9 Å². The molecule has 0 radical (unpaired) electrons. The molecule has 2 amide bonds. The van der Waals surface area contributed by atoms with Gasteiger partial charge in [-0.05, 0) is 25.0 Å². The normalized spacial score (nSPS) is 14.3. The first-order valence-corrected chi connectivity index (χ1v) is 11.0. The maximum absolute atomic E-state index is 13.8. The summed E-state index contributed by atoms with van der Waals surface area (Å²) in [5, 5.41) is 14.6. The molecular formula is C21H26FN5O2S. The van der Waals surface area contributed by atoms with Gasteiger partial charge in [-0.15, -0.1) is 16.8 Å². The molecule has 2 aromatic rings. The Bertz CT molecular complexity index is 895. The first-order valence-electron chi connectivity index (χ1n) is 10.1. The molecule has 160 valence electrons. The number of carbonyl (C=O) groups is 2. The summed E-state index contributed by atoms with van der Waals surface area (Å²) in [5.74, 6) is -0.373. The lowest BCUT2D eigenvalue weighted by molar-refractivity contribution is -0.119. The van der Waals surface area contributed by atoms with Crippen LogP contribution in [0.4, 0.5) is 4.39 Å². The maximum atomic E-state index is 13.8. The van der Waals surface area contributed by atoms with Crippen molar-refractivity contribution in [1.82, 2.24) is 25.4 Å². The number of allylic oxidation sites excluding steroid dienone is 1. The van der Waals surface area contributed by atoms with E-state index in [0.717, 1.165) is 25.7 Å². The van der Waals surface area contributed by atoms with Crippen molar-refractivity contribution in [3.05, 3.63) is 54.1 Å². The van der Waals surface area contributed by atoms with Crippen LogP contribution in [-0.2, 0) is 17.9 Å². The Morgan fingerprint density at radius 3 is 2.73 bits per heavy atom. The smallest absolute Gasteiger partial charge is 0.254 e. The summed E-state index contributed by atoms with van der Waals surface area (Å²) in [6.45, 7) is 4.26. The number of amides is 2. The third kappa shape index (κ3) is 5.91. The third-order valence-electron chi connectivity index (χ3n) is 4.93. The molecule has 1 aromatic heterocycles. The van der Waals surface area contributed by atoms with E-state index in [1.165, 1.54) is 36.4 Å². The van der Waals surface area contributed by atoms with Crippen molar-refractivity contribution in [2.45, 2.75) is 56.4 Å². The van der Waals surface area contributed by atoms with Crippen LogP contribution in [-0.4, -0.2) is 38.4 Å². The highest BCUT2D eigenvalue weighted by Gasteiger charge is 2.18. The van der Waals surface area contributed by atoms with E-state index >= 15 is 0 Å². The predicted octanol–water partition coefficient (Wildman–Crippen LogP) is 3.07. The summed E-state index contributed by atoms with van der Waals surface area (Å²) in [6.07, 6.45) is 7.32. The number of carbonyl (C=O) groups excluding carboxylic acids is 2. The van der Waals surface area contributed by atoms with Crippen molar-refractivity contribution in [2.24, 2.45) is 0 Å². The van der Waals surface area contributed by atoms with Gasteiger partial charge in [0.1, 0.15) is 5.82 Å². The SMILES string of the molecule is C=CCn1c(CNC(=O)c2ccccc2F)nnc1SCC(=O)NC1CCCCC1. The average molecular weight is 432 g/mol. The molecule has 2 N–H and O–H groups in total. The summed E-state index contributed by atoms with van der Waals surface area (Å²) < 4.78 is 15.6. The Morgan fingerprint density at radius 1 is 1.23 bits per heavy atom. The Hall–Kier alpha value is -2.68. The minimum atomic E-state index is -0.581. The van der Waals surface area contributed by atoms with Crippen LogP contribution in [0.2, 0.25) is 0 Å². The van der Waals surface area contributed by atoms with E-state index in [4.69, 9.17) is 0 Å². The molecule has 0 bridgehead atoms. The van der Waals surface area contributed by atoms with Gasteiger partial charge >= 0.3 is 0 Å². The zero-order valence-electron chi connectivity index (χ0n) is 16.8. The third-order valence-corrected chi connectivity index (χ3v) is 5.90. The van der Waals surface area contributed by atoms with Gasteiger partial charge in [-0.25, -0.2) is 4.39 Å². The van der Waals surface area contributed by atoms with Crippen molar-refractivity contribution >= 4 is 23.6 Å². The second kappa shape index (κ2) is 10.9. The van der Waals surface area contributed by atoms with Crippen LogP contribution in [0.15, 0.2) is 42.1 Å². The number of aromatic nitrogens is 3. The molecule has 1 fully saturated rings. The molecule has 30 heavy (non-hydrogen) atoms. The fourth-order valence-electron chi connectivity index (χ4n) is 3.42. The van der Waals surface area contributed by atoms with Crippen LogP contribution >= 0.6 is 11.8 Å². The summed E-state index contributed by atoms with van der Waals surface area (Å²) in [6, 6.07) is 6.06. The van der Waals surface area contributed by atoms with Crippen LogP contribution in [0, 0.1) is 5.82 Å². The average Bonchev–Trinajstić information content (AvgIpc) is 3.13. The number of rotatable bonds is 9. The number of hydrogen-bond acceptors (Lipinski definition) is 5. The zero-order chi connectivity index (χ0) is 21.3. The highest BCUT2D eigenvalue weighted by atomic mass is 32.2. The Morgan fingerprint density at radius 2 is 2.00 bits per heavy atom. The molecule has 3 rings (SSSR count). The molecule has 7 nitrogen and oxygen atoms in total. The molecule has 1 aliphatic carbocycles. The van der Waals surface area contributed by atoms with Gasteiger partial charge in [-0.1, -0.05) is 49.2 Å². The number of nitrogens with one attached hydrogen (secondary N) is 2. The Kier molecular flexibility index (Phi) is 8.01. The van der Waals surface area contributed by atoms with Crippen molar-refractivity contribution in [3.63, 3.8) is 0 Å². The molecule has 0 unspecified atom stereocenters. The van der Waals surface area contributed by atoms with Crippen molar-refractivity contribution in [3.8, 4) is 0 Å². The monoisotopic (exact) mass is 431 g/mol. The van der Waals surface area contributed by atoms with E-state index in [1.54, 1.807) is 16.7 Å². The van der Waals surface area contributed by atoms with Crippen molar-refractivity contribution in [1.29, 1.82) is 0 Å². The topological polar surface area (TPSA) is 88.9 Å². The number of nitrogens with zero attached hydrogens (tertiary/aromatic N) is 3. The van der Waals surface area contributed by atoms with Gasteiger partial charge in [-0.2, -0.15) is 0 Å². The van der Waals surface area contributed by atoms with Crippen LogP contribution < -0.4 is 10.6 Å². The number of thioether (sulfide) groups is 1. The fourth-order valence-corrected chi connectivity index (χ4v) is 4.19. The number of halogens is 1. The van der Waals surface area contributed by atoms with Crippen LogP contribution in [0.3, 0.4) is 0 Å². The largest absolute Gasteiger partial charge is 0.353 e. The Balaban J connectivity index is 1.57. The molecule has 1 heterocycles. The standard InChI is InChI=1S/C21H26FN5O2S/c1-2-12-27-18(13-23-20(29)16-10-6-7-11-17(16)22)25-26-21(27)30-14-19(28)24-15-8-4-3-5-9-15/h2,6-7,10-11,15H,1,3-5,8-9,12-14H2,(H,23,29)(H,24,28). The van der Waals surface area contributed by atoms with E-state index in [0.29, 0.717) is 17.5 Å². The first-order chi connectivity index (χ1) is 14.6. The minimum absolute atomic E-state index is 0.0190. The van der Waals surface area contributed by atoms with E-state index in [2.05, 4.69) is 27.4 Å². The van der Waals surface area contributed by atoms with Crippen LogP contribution in [0.25, 0.3) is 0 Å². The van der Waals surface area contributed by atoms with Gasteiger partial charge in [0.2, 0.25) is 5.91 Å². The molecule has 0 atom stereocenters. The van der Waals surface area contributed by atoms with Gasteiger partial charge < -0.3 is 15.2 Å². The second-order valence-electron chi connectivity index (χ2n) is 7.15. The molecule has 1 saturated carbocycles. The molecule has 0 spiro atoms. The highest BCUT2D eigenvalue weighted by molar-refractivity contribution is 7.99. The fraction of sp³-hybridized carbons (Fsp3) is 0.429. The van der Waals surface area contributed by atoms with E-state index < -0.39 is 11.7 Å². The lowest BCUT2D eigenvalue weighted by Crippen LogP contribution is -2.37. The summed E-state index contributed by atoms with van der Waals surface area (Å²) in [4.78, 5) is 24.5. The minimum Gasteiger partial charge on any atom is -0.353 e. The van der Waals surface area contributed by atoms with Crippen molar-refractivity contribution in [2.75, 3.05) is 5.75 Å². The molecular weight excluding hydrogens is 405 g/mol. The molecule has 1 aromatic carbocycles. The quantitative estimate of drug-likeness (QED) is 0.471. The van der Waals surface area contributed by atoms with Gasteiger partial charge in [0.15, 0.2) is 11.0 Å². The van der Waals surface area contributed by atoms with Crippen molar-refractivity contribution < 1.29 is 14.0 Å². The molecule has 0 aliphatic heterocycles. The zero-order valence-corrected chi connectivity index (χ0v) is 17.6. The first kappa shape index (κ1) is 22.0. The van der Waals surface area contributed by atoms with E-state index in [-0.39, 0.29) is 29.8 Å². The summed E-state index contributed by atoms with van der Waals surface area (Å²) >= 11 is 1.29. The van der Waals surface area contributed by atoms with E-state index in [1.807, 2.05) is 0 Å².